The Morgan fingerprint density at radius 3 is 2.35 bits per heavy atom. The largest absolute Gasteiger partial charge is 0.486 e. The molecule has 0 aromatic heterocycles. The molecule has 0 radical (unpaired) electrons. The van der Waals surface area contributed by atoms with Gasteiger partial charge in [0, 0.05) is 18.8 Å². The number of hydrogen-bond donors (Lipinski definition) is 1. The Morgan fingerprint density at radius 1 is 0.935 bits per heavy atom. The Labute approximate surface area is 179 Å². The molecule has 0 fully saturated rings. The second-order valence-corrected chi connectivity index (χ2v) is 7.06. The van der Waals surface area contributed by atoms with E-state index in [1.54, 1.807) is 48.5 Å². The molecular weight excluding hydrogens is 399 g/mol. The molecule has 0 unspecified atom stereocenters. The summed E-state index contributed by atoms with van der Waals surface area (Å²) in [7, 11) is 1.48. The first-order valence-electron chi connectivity index (χ1n) is 9.82. The second kappa shape index (κ2) is 8.87. The number of ether oxygens (including phenoxy) is 2. The maximum absolute atomic E-state index is 14.2. The minimum absolute atomic E-state index is 0.0990. The number of amides is 2. The fraction of sp³-hybridized carbons (Fsp3) is 0.167. The molecule has 31 heavy (non-hydrogen) atoms. The van der Waals surface area contributed by atoms with Crippen molar-refractivity contribution in [2.24, 2.45) is 0 Å². The van der Waals surface area contributed by atoms with Gasteiger partial charge in [0.2, 0.25) is 0 Å². The highest BCUT2D eigenvalue weighted by molar-refractivity contribution is 6.01. The van der Waals surface area contributed by atoms with Gasteiger partial charge in [0.15, 0.2) is 11.5 Å². The Morgan fingerprint density at radius 2 is 1.61 bits per heavy atom. The van der Waals surface area contributed by atoms with Crippen molar-refractivity contribution in [3.8, 4) is 11.5 Å². The van der Waals surface area contributed by atoms with Crippen LogP contribution in [0.3, 0.4) is 0 Å². The van der Waals surface area contributed by atoms with Crippen LogP contribution in [0.5, 0.6) is 11.5 Å². The Kier molecular flexibility index (Phi) is 5.84. The van der Waals surface area contributed by atoms with Gasteiger partial charge in [-0.3, -0.25) is 9.59 Å². The van der Waals surface area contributed by atoms with Crippen LogP contribution in [-0.4, -0.2) is 37.0 Å². The third-order valence-corrected chi connectivity index (χ3v) is 4.99. The molecule has 1 aliphatic heterocycles. The average molecular weight is 420 g/mol. The van der Waals surface area contributed by atoms with Crippen LogP contribution >= 0.6 is 0 Å². The van der Waals surface area contributed by atoms with E-state index < -0.39 is 23.7 Å². The number of likely N-dealkylation sites (N-methyl/N-ethyl adjacent to an activating group) is 1. The van der Waals surface area contributed by atoms with Crippen molar-refractivity contribution >= 4 is 17.5 Å². The number of hydrogen-bond acceptors (Lipinski definition) is 4. The molecule has 1 N–H and O–H groups in total. The van der Waals surface area contributed by atoms with Crippen molar-refractivity contribution < 1.29 is 23.5 Å². The molecule has 1 atom stereocenters. The minimum atomic E-state index is -0.971. The van der Waals surface area contributed by atoms with Gasteiger partial charge in [-0.15, -0.1) is 0 Å². The predicted octanol–water partition coefficient (Wildman–Crippen LogP) is 4.05. The van der Waals surface area contributed by atoms with E-state index >= 15 is 0 Å². The Balaban J connectivity index is 1.63. The van der Waals surface area contributed by atoms with Crippen molar-refractivity contribution in [2.45, 2.75) is 6.04 Å². The van der Waals surface area contributed by atoms with E-state index in [1.165, 1.54) is 30.1 Å². The van der Waals surface area contributed by atoms with Crippen LogP contribution in [-0.2, 0) is 4.79 Å². The van der Waals surface area contributed by atoms with Crippen LogP contribution in [0, 0.1) is 5.82 Å². The standard InChI is InChI=1S/C24H21FN2O4/c1-27(24(29)18-9-5-6-10-19(18)25)22(16-7-3-2-4-8-16)23(28)26-17-11-12-20-21(15-17)31-14-13-30-20/h2-12,15,22H,13-14H2,1H3,(H,26,28)/t22-/m1/s1. The summed E-state index contributed by atoms with van der Waals surface area (Å²) >= 11 is 0. The van der Waals surface area contributed by atoms with E-state index in [0.717, 1.165) is 0 Å². The Hall–Kier alpha value is -3.87. The third kappa shape index (κ3) is 4.35. The summed E-state index contributed by atoms with van der Waals surface area (Å²) in [5.74, 6) is -0.524. The van der Waals surface area contributed by atoms with Gasteiger partial charge in [-0.2, -0.15) is 0 Å². The summed E-state index contributed by atoms with van der Waals surface area (Å²) < 4.78 is 25.3. The third-order valence-electron chi connectivity index (χ3n) is 4.99. The summed E-state index contributed by atoms with van der Waals surface area (Å²) in [5, 5.41) is 2.83. The lowest BCUT2D eigenvalue weighted by Crippen LogP contribution is -2.39. The molecule has 3 aromatic carbocycles. The maximum atomic E-state index is 14.2. The molecule has 0 spiro atoms. The zero-order chi connectivity index (χ0) is 21.8. The van der Waals surface area contributed by atoms with E-state index in [2.05, 4.69) is 5.32 Å². The van der Waals surface area contributed by atoms with E-state index in [0.29, 0.717) is 36.0 Å². The predicted molar refractivity (Wildman–Crippen MR) is 114 cm³/mol. The van der Waals surface area contributed by atoms with Gasteiger partial charge < -0.3 is 19.7 Å². The van der Waals surface area contributed by atoms with Crippen molar-refractivity contribution in [1.29, 1.82) is 0 Å². The van der Waals surface area contributed by atoms with E-state index in [1.807, 2.05) is 6.07 Å². The number of benzene rings is 3. The number of nitrogens with one attached hydrogen (secondary N) is 1. The van der Waals surface area contributed by atoms with Gasteiger partial charge in [-0.1, -0.05) is 42.5 Å². The normalized spacial score (nSPS) is 13.2. The van der Waals surface area contributed by atoms with Crippen LogP contribution in [0.1, 0.15) is 22.0 Å². The van der Waals surface area contributed by atoms with Crippen molar-refractivity contribution in [3.63, 3.8) is 0 Å². The van der Waals surface area contributed by atoms with Gasteiger partial charge in [0.1, 0.15) is 25.1 Å². The molecule has 2 amide bonds. The SMILES string of the molecule is CN(C(=O)c1ccccc1F)[C@@H](C(=O)Nc1ccc2c(c1)OCCO2)c1ccccc1. The fourth-order valence-corrected chi connectivity index (χ4v) is 3.46. The average Bonchev–Trinajstić information content (AvgIpc) is 2.79. The molecule has 0 saturated heterocycles. The molecule has 0 saturated carbocycles. The van der Waals surface area contributed by atoms with Crippen LogP contribution in [0.4, 0.5) is 10.1 Å². The summed E-state index contributed by atoms with van der Waals surface area (Å²) in [4.78, 5) is 27.5. The highest BCUT2D eigenvalue weighted by Crippen LogP contribution is 2.33. The molecular formula is C24H21FN2O4. The zero-order valence-corrected chi connectivity index (χ0v) is 16.9. The number of carbonyl (C=O) groups is 2. The number of fused-ring (bicyclic) bond motifs is 1. The summed E-state index contributed by atoms with van der Waals surface area (Å²) in [5.41, 5.74) is 1.00. The van der Waals surface area contributed by atoms with Crippen molar-refractivity contribution in [2.75, 3.05) is 25.6 Å². The van der Waals surface area contributed by atoms with Crippen molar-refractivity contribution in [1.82, 2.24) is 4.90 Å². The summed E-state index contributed by atoms with van der Waals surface area (Å²) in [6, 6.07) is 18.7. The molecule has 1 aliphatic rings. The topological polar surface area (TPSA) is 67.9 Å². The lowest BCUT2D eigenvalue weighted by Gasteiger charge is -2.28. The molecule has 3 aromatic rings. The number of halogens is 1. The van der Waals surface area contributed by atoms with Crippen LogP contribution in [0.25, 0.3) is 0 Å². The first kappa shape index (κ1) is 20.4. The van der Waals surface area contributed by atoms with E-state index in [9.17, 15) is 14.0 Å². The lowest BCUT2D eigenvalue weighted by atomic mass is 10.0. The van der Waals surface area contributed by atoms with E-state index in [4.69, 9.17) is 9.47 Å². The number of anilines is 1. The van der Waals surface area contributed by atoms with Crippen molar-refractivity contribution in [3.05, 3.63) is 89.7 Å². The van der Waals surface area contributed by atoms with Gasteiger partial charge in [-0.05, 0) is 29.8 Å². The van der Waals surface area contributed by atoms with Gasteiger partial charge >= 0.3 is 0 Å². The minimum Gasteiger partial charge on any atom is -0.486 e. The fourth-order valence-electron chi connectivity index (χ4n) is 3.46. The molecule has 0 bridgehead atoms. The van der Waals surface area contributed by atoms with Crippen LogP contribution in [0.2, 0.25) is 0 Å². The molecule has 1 heterocycles. The Bertz CT molecular complexity index is 1100. The zero-order valence-electron chi connectivity index (χ0n) is 16.9. The number of nitrogens with zero attached hydrogens (tertiary/aromatic N) is 1. The first-order valence-corrected chi connectivity index (χ1v) is 9.82. The second-order valence-electron chi connectivity index (χ2n) is 7.06. The molecule has 158 valence electrons. The van der Waals surface area contributed by atoms with Gasteiger partial charge in [-0.25, -0.2) is 4.39 Å². The summed E-state index contributed by atoms with van der Waals surface area (Å²) in [6.45, 7) is 0.897. The maximum Gasteiger partial charge on any atom is 0.257 e. The summed E-state index contributed by atoms with van der Waals surface area (Å²) in [6.07, 6.45) is 0. The monoisotopic (exact) mass is 420 g/mol. The van der Waals surface area contributed by atoms with E-state index in [-0.39, 0.29) is 5.56 Å². The number of rotatable bonds is 5. The lowest BCUT2D eigenvalue weighted by molar-refractivity contribution is -0.120. The quantitative estimate of drug-likeness (QED) is 0.676. The number of carbonyl (C=O) groups excluding carboxylic acids is 2. The molecule has 6 nitrogen and oxygen atoms in total. The first-order chi connectivity index (χ1) is 15.0. The highest BCUT2D eigenvalue weighted by Gasteiger charge is 2.30. The molecule has 0 aliphatic carbocycles. The molecule has 7 heteroatoms. The highest BCUT2D eigenvalue weighted by atomic mass is 19.1. The van der Waals surface area contributed by atoms with Gasteiger partial charge in [0.05, 0.1) is 5.56 Å². The van der Waals surface area contributed by atoms with Crippen LogP contribution < -0.4 is 14.8 Å². The molecule has 4 rings (SSSR count). The smallest absolute Gasteiger partial charge is 0.257 e. The van der Waals surface area contributed by atoms with Crippen LogP contribution in [0.15, 0.2) is 72.8 Å². The van der Waals surface area contributed by atoms with Gasteiger partial charge in [0.25, 0.3) is 11.8 Å².